The summed E-state index contributed by atoms with van der Waals surface area (Å²) < 4.78 is 0. The van der Waals surface area contributed by atoms with Crippen LogP contribution in [0, 0.1) is 23.7 Å². The predicted molar refractivity (Wildman–Crippen MR) is 143 cm³/mol. The van der Waals surface area contributed by atoms with Crippen molar-refractivity contribution in [3.8, 4) is 0 Å². The second kappa shape index (κ2) is 25.2. The van der Waals surface area contributed by atoms with Gasteiger partial charge in [-0.25, -0.2) is 0 Å². The van der Waals surface area contributed by atoms with Crippen LogP contribution in [0.25, 0.3) is 0 Å². The first kappa shape index (κ1) is 34.5. The zero-order chi connectivity index (χ0) is 23.9. The second-order valence-corrected chi connectivity index (χ2v) is 9.12. The van der Waals surface area contributed by atoms with Gasteiger partial charge in [-0.3, -0.25) is 0 Å². The van der Waals surface area contributed by atoms with Crippen LogP contribution in [0.15, 0.2) is 0 Å². The molecule has 3 rings (SSSR count). The molecule has 0 aromatic heterocycles. The third-order valence-corrected chi connectivity index (χ3v) is 6.25. The molecule has 30 heavy (non-hydrogen) atoms. The molecule has 2 saturated heterocycles. The Kier molecular flexibility index (Phi) is 29.0. The molecule has 186 valence electrons. The van der Waals surface area contributed by atoms with Crippen LogP contribution in [0.3, 0.4) is 0 Å². The first-order chi connectivity index (χ1) is 14.4. The maximum atomic E-state index is 3.35. The Morgan fingerprint density at radius 2 is 1.03 bits per heavy atom. The first-order valence-electron chi connectivity index (χ1n) is 13.9. The topological polar surface area (TPSA) is 15.3 Å². The molecular weight excluding hydrogens is 364 g/mol. The van der Waals surface area contributed by atoms with Gasteiger partial charge < -0.3 is 10.2 Å². The molecule has 2 aliphatic heterocycles. The molecule has 1 saturated carbocycles. The number of likely N-dealkylation sites (tertiary alicyclic amines) is 1. The lowest BCUT2D eigenvalue weighted by molar-refractivity contribution is 0.276. The highest BCUT2D eigenvalue weighted by molar-refractivity contribution is 4.73. The maximum absolute atomic E-state index is 3.35. The van der Waals surface area contributed by atoms with Crippen LogP contribution in [0.1, 0.15) is 128 Å². The summed E-state index contributed by atoms with van der Waals surface area (Å²) in [6.45, 7) is 31.0. The smallest absolute Gasteiger partial charge is 0.00385 e. The van der Waals surface area contributed by atoms with Crippen molar-refractivity contribution in [3.63, 3.8) is 0 Å². The molecule has 0 aromatic rings. The van der Waals surface area contributed by atoms with Gasteiger partial charge in [0.25, 0.3) is 0 Å². The lowest BCUT2D eigenvalue weighted by Gasteiger charge is -2.18. The normalized spacial score (nSPS) is 20.7. The van der Waals surface area contributed by atoms with Gasteiger partial charge in [0.15, 0.2) is 0 Å². The van der Waals surface area contributed by atoms with E-state index in [9.17, 15) is 0 Å². The fourth-order valence-corrected chi connectivity index (χ4v) is 4.13. The van der Waals surface area contributed by atoms with Crippen molar-refractivity contribution in [1.82, 2.24) is 10.2 Å². The van der Waals surface area contributed by atoms with E-state index in [1.54, 1.807) is 0 Å². The Balaban J connectivity index is -0.000000323. The number of nitrogens with zero attached hydrogens (tertiary/aromatic N) is 1. The molecule has 1 atom stereocenters. The van der Waals surface area contributed by atoms with Gasteiger partial charge in [-0.05, 0) is 83.0 Å². The number of hydrogen-bond acceptors (Lipinski definition) is 2. The van der Waals surface area contributed by atoms with E-state index >= 15 is 0 Å². The van der Waals surface area contributed by atoms with Crippen molar-refractivity contribution in [2.45, 2.75) is 134 Å². The average Bonchev–Trinajstić information content (AvgIpc) is 3.56. The molecule has 0 amide bonds. The summed E-state index contributed by atoms with van der Waals surface area (Å²) in [5.74, 6) is 3.84. The zero-order valence-electron chi connectivity index (χ0n) is 23.6. The Morgan fingerprint density at radius 1 is 0.600 bits per heavy atom. The van der Waals surface area contributed by atoms with Crippen LogP contribution >= 0.6 is 0 Å². The highest BCUT2D eigenvalue weighted by Crippen LogP contribution is 2.30. The number of hydrogen-bond donors (Lipinski definition) is 1. The molecule has 3 fully saturated rings. The first-order valence-corrected chi connectivity index (χ1v) is 13.9. The van der Waals surface area contributed by atoms with Gasteiger partial charge in [0.1, 0.15) is 0 Å². The van der Waals surface area contributed by atoms with E-state index in [0.717, 1.165) is 29.7 Å². The van der Waals surface area contributed by atoms with Gasteiger partial charge in [-0.1, -0.05) is 94.9 Å². The third-order valence-electron chi connectivity index (χ3n) is 6.25. The minimum absolute atomic E-state index is 0.775. The van der Waals surface area contributed by atoms with E-state index in [1.165, 1.54) is 71.1 Å². The summed E-state index contributed by atoms with van der Waals surface area (Å²) in [5, 5.41) is 3.35. The lowest BCUT2D eigenvalue weighted by Crippen LogP contribution is -2.26. The fourth-order valence-electron chi connectivity index (χ4n) is 4.13. The minimum Gasteiger partial charge on any atom is -0.316 e. The molecule has 2 heterocycles. The van der Waals surface area contributed by atoms with Crippen LogP contribution in [0.4, 0.5) is 0 Å². The van der Waals surface area contributed by atoms with E-state index in [2.05, 4.69) is 51.8 Å². The summed E-state index contributed by atoms with van der Waals surface area (Å²) in [4.78, 5) is 2.53. The summed E-state index contributed by atoms with van der Waals surface area (Å²) in [6.07, 6.45) is 10.2. The van der Waals surface area contributed by atoms with E-state index < -0.39 is 0 Å². The third kappa shape index (κ3) is 18.7. The fraction of sp³-hybridized carbons (Fsp3) is 1.00. The molecule has 1 N–H and O–H groups in total. The Hall–Kier alpha value is -0.0800. The van der Waals surface area contributed by atoms with E-state index in [4.69, 9.17) is 0 Å². The quantitative estimate of drug-likeness (QED) is 0.483. The molecule has 0 aromatic carbocycles. The van der Waals surface area contributed by atoms with Crippen molar-refractivity contribution in [3.05, 3.63) is 0 Å². The molecule has 3 aliphatic rings. The van der Waals surface area contributed by atoms with Crippen LogP contribution in [-0.2, 0) is 0 Å². The van der Waals surface area contributed by atoms with Crippen LogP contribution in [0.5, 0.6) is 0 Å². The van der Waals surface area contributed by atoms with Gasteiger partial charge in [-0.15, -0.1) is 0 Å². The van der Waals surface area contributed by atoms with Crippen LogP contribution in [0.2, 0.25) is 0 Å². The second-order valence-electron chi connectivity index (χ2n) is 9.12. The molecule has 1 unspecified atom stereocenters. The number of nitrogens with one attached hydrogen (secondary N) is 1. The van der Waals surface area contributed by atoms with Crippen LogP contribution < -0.4 is 5.32 Å². The van der Waals surface area contributed by atoms with E-state index in [-0.39, 0.29) is 0 Å². The highest BCUT2D eigenvalue weighted by atomic mass is 15.2. The van der Waals surface area contributed by atoms with Gasteiger partial charge in [-0.2, -0.15) is 0 Å². The van der Waals surface area contributed by atoms with Crippen LogP contribution in [-0.4, -0.2) is 37.1 Å². The Labute approximate surface area is 194 Å². The monoisotopic (exact) mass is 429 g/mol. The highest BCUT2D eigenvalue weighted by Gasteiger charge is 2.17. The predicted octanol–water partition coefficient (Wildman–Crippen LogP) is 8.65. The minimum atomic E-state index is 0.775. The lowest BCUT2D eigenvalue weighted by atomic mass is 9.95. The van der Waals surface area contributed by atoms with Crippen molar-refractivity contribution in [1.29, 1.82) is 0 Å². The largest absolute Gasteiger partial charge is 0.316 e. The summed E-state index contributed by atoms with van der Waals surface area (Å²) in [7, 11) is 0. The molecule has 2 nitrogen and oxygen atoms in total. The van der Waals surface area contributed by atoms with Crippen molar-refractivity contribution in [2.24, 2.45) is 23.7 Å². The van der Waals surface area contributed by atoms with Crippen molar-refractivity contribution >= 4 is 0 Å². The summed E-state index contributed by atoms with van der Waals surface area (Å²) >= 11 is 0. The molecule has 0 spiro atoms. The zero-order valence-corrected chi connectivity index (χ0v) is 23.6. The van der Waals surface area contributed by atoms with Gasteiger partial charge in [0, 0.05) is 6.04 Å². The molecule has 1 aliphatic carbocycles. The summed E-state index contributed by atoms with van der Waals surface area (Å²) in [6, 6.07) is 0.775. The van der Waals surface area contributed by atoms with E-state index in [0.29, 0.717) is 0 Å². The molecule has 0 bridgehead atoms. The van der Waals surface area contributed by atoms with Crippen molar-refractivity contribution < 1.29 is 0 Å². The summed E-state index contributed by atoms with van der Waals surface area (Å²) in [5.41, 5.74) is 0. The van der Waals surface area contributed by atoms with Gasteiger partial charge in [0.05, 0.1) is 0 Å². The molecule has 0 radical (unpaired) electrons. The van der Waals surface area contributed by atoms with Crippen molar-refractivity contribution in [2.75, 3.05) is 26.2 Å². The Morgan fingerprint density at radius 3 is 1.23 bits per heavy atom. The number of rotatable bonds is 3. The SMILES string of the molecule is CC.CC.CC.CC(C)C1CCCC1.CC(C)C1CCNC1.CC(C)N1CCCC1. The van der Waals surface area contributed by atoms with E-state index in [1.807, 2.05) is 41.5 Å². The molecule has 2 heteroatoms. The standard InChI is InChI=1S/C8H16.2C7H15N.3C2H6/c1-7(2)8-5-3-4-6-8;1-6(2)7-3-4-8-5-7;1-7(2)8-5-3-4-6-8;3*1-2/h7-8H,3-6H2,1-2H3;6-8H,3-5H2,1-2H3;7H,3-6H2,1-2H3;3*1-2H3. The van der Waals surface area contributed by atoms with Gasteiger partial charge in [0.2, 0.25) is 0 Å². The molecular formula is C28H64N2. The van der Waals surface area contributed by atoms with Gasteiger partial charge >= 0.3 is 0 Å². The average molecular weight is 429 g/mol. The Bertz CT molecular complexity index is 233. The maximum Gasteiger partial charge on any atom is 0.00385 e.